The largest absolute Gasteiger partial charge is 0.386 e. The normalized spacial score (nSPS) is 25.3. The van der Waals surface area contributed by atoms with E-state index < -0.39 is 24.1 Å². The Kier molecular flexibility index (Phi) is 5.01. The number of benzene rings is 2. The molecule has 1 saturated heterocycles. The number of rotatable bonds is 5. The fraction of sp³-hybridized carbons (Fsp3) is 0.400. The molecule has 1 aliphatic rings. The number of hydrogen-bond acceptors (Lipinski definition) is 4. The highest BCUT2D eigenvalue weighted by Gasteiger charge is 2.49. The van der Waals surface area contributed by atoms with E-state index in [9.17, 15) is 5.11 Å². The van der Waals surface area contributed by atoms with Gasteiger partial charge in [0.1, 0.15) is 24.4 Å². The van der Waals surface area contributed by atoms with Gasteiger partial charge in [0.2, 0.25) is 0 Å². The zero-order valence-electron chi connectivity index (χ0n) is 14.3. The first-order valence-corrected chi connectivity index (χ1v) is 8.18. The van der Waals surface area contributed by atoms with Crippen LogP contribution < -0.4 is 0 Å². The molecule has 24 heavy (non-hydrogen) atoms. The molecule has 2 aromatic rings. The van der Waals surface area contributed by atoms with E-state index in [0.29, 0.717) is 0 Å². The summed E-state index contributed by atoms with van der Waals surface area (Å²) in [5, 5.41) is 10.9. The minimum absolute atomic E-state index is 0.323. The molecule has 1 aliphatic heterocycles. The first-order chi connectivity index (χ1) is 11.5. The van der Waals surface area contributed by atoms with Gasteiger partial charge in [-0.05, 0) is 25.0 Å². The maximum atomic E-state index is 10.9. The first kappa shape index (κ1) is 17.1. The van der Waals surface area contributed by atoms with Crippen molar-refractivity contribution in [2.75, 3.05) is 7.11 Å². The van der Waals surface area contributed by atoms with Crippen molar-refractivity contribution in [3.63, 3.8) is 0 Å². The Labute approximate surface area is 143 Å². The van der Waals surface area contributed by atoms with Crippen molar-refractivity contribution >= 4 is 0 Å². The van der Waals surface area contributed by atoms with Gasteiger partial charge in [0.25, 0.3) is 0 Å². The quantitative estimate of drug-likeness (QED) is 0.910. The predicted octanol–water partition coefficient (Wildman–Crippen LogP) is 3.63. The van der Waals surface area contributed by atoms with Gasteiger partial charge >= 0.3 is 0 Å². The smallest absolute Gasteiger partial charge is 0.164 e. The van der Waals surface area contributed by atoms with E-state index in [1.54, 1.807) is 7.11 Å². The number of ether oxygens (including phenoxy) is 3. The maximum absolute atomic E-state index is 10.9. The monoisotopic (exact) mass is 328 g/mol. The third-order valence-corrected chi connectivity index (χ3v) is 4.30. The minimum atomic E-state index is -0.792. The summed E-state index contributed by atoms with van der Waals surface area (Å²) in [5.74, 6) is -0.781. The van der Waals surface area contributed by atoms with Gasteiger partial charge in [0.15, 0.2) is 5.79 Å². The molecule has 3 rings (SSSR count). The Balaban J connectivity index is 1.91. The Hall–Kier alpha value is -1.72. The fourth-order valence-corrected chi connectivity index (χ4v) is 3.24. The summed E-state index contributed by atoms with van der Waals surface area (Å²) in [6.45, 7) is 3.71. The van der Waals surface area contributed by atoms with E-state index >= 15 is 0 Å². The van der Waals surface area contributed by atoms with Crippen molar-refractivity contribution in [2.45, 2.75) is 44.1 Å². The van der Waals surface area contributed by atoms with Crippen LogP contribution in [0.4, 0.5) is 0 Å². The second-order valence-electron chi connectivity index (χ2n) is 6.49. The van der Waals surface area contributed by atoms with Crippen molar-refractivity contribution < 1.29 is 19.3 Å². The molecule has 0 bridgehead atoms. The summed E-state index contributed by atoms with van der Waals surface area (Å²) < 4.78 is 17.8. The van der Waals surface area contributed by atoms with Crippen LogP contribution in [0.2, 0.25) is 0 Å². The van der Waals surface area contributed by atoms with Crippen molar-refractivity contribution in [1.82, 2.24) is 0 Å². The van der Waals surface area contributed by atoms with Crippen molar-refractivity contribution in [1.29, 1.82) is 0 Å². The molecule has 0 amide bonds. The summed E-state index contributed by atoms with van der Waals surface area (Å²) >= 11 is 0. The van der Waals surface area contributed by atoms with Crippen LogP contribution in [-0.4, -0.2) is 30.2 Å². The second kappa shape index (κ2) is 7.03. The molecule has 1 unspecified atom stereocenters. The third kappa shape index (κ3) is 3.52. The number of methoxy groups -OCH3 is 1. The van der Waals surface area contributed by atoms with Gasteiger partial charge in [-0.25, -0.2) is 0 Å². The highest BCUT2D eigenvalue weighted by Crippen LogP contribution is 2.41. The van der Waals surface area contributed by atoms with E-state index in [-0.39, 0.29) is 6.10 Å². The van der Waals surface area contributed by atoms with Crippen molar-refractivity contribution in [3.05, 3.63) is 71.8 Å². The lowest BCUT2D eigenvalue weighted by molar-refractivity contribution is -0.162. The third-order valence-electron chi connectivity index (χ3n) is 4.30. The summed E-state index contributed by atoms with van der Waals surface area (Å²) in [4.78, 5) is 0. The Morgan fingerprint density at radius 3 is 1.92 bits per heavy atom. The summed E-state index contributed by atoms with van der Waals surface area (Å²) in [6.07, 6.45) is -2.05. The average molecular weight is 328 g/mol. The SMILES string of the molecule is CO[C@H](c1ccccc1)[C@@H]1OC(C)(C)OC1[C@H](O)c1ccccc1. The van der Waals surface area contributed by atoms with E-state index in [2.05, 4.69) is 0 Å². The van der Waals surface area contributed by atoms with E-state index in [1.165, 1.54) is 0 Å². The van der Waals surface area contributed by atoms with Crippen LogP contribution in [-0.2, 0) is 14.2 Å². The van der Waals surface area contributed by atoms with Crippen LogP contribution in [0.3, 0.4) is 0 Å². The van der Waals surface area contributed by atoms with Gasteiger partial charge in [-0.3, -0.25) is 0 Å². The maximum Gasteiger partial charge on any atom is 0.164 e. The van der Waals surface area contributed by atoms with Crippen LogP contribution in [0.5, 0.6) is 0 Å². The highest BCUT2D eigenvalue weighted by atomic mass is 16.8. The Bertz CT molecular complexity index is 641. The Morgan fingerprint density at radius 2 is 1.38 bits per heavy atom. The van der Waals surface area contributed by atoms with Gasteiger partial charge in [-0.1, -0.05) is 60.7 Å². The number of hydrogen-bond donors (Lipinski definition) is 1. The van der Waals surface area contributed by atoms with Crippen LogP contribution in [0.25, 0.3) is 0 Å². The lowest BCUT2D eigenvalue weighted by Crippen LogP contribution is -2.35. The molecule has 0 aliphatic carbocycles. The standard InChI is InChI=1S/C20H24O4/c1-20(2)23-18(16(21)14-10-6-4-7-11-14)19(24-20)17(22-3)15-12-8-5-9-13-15/h4-13,16-19,21H,1-3H3/t16-,17-,18?,19+/m1/s1. The zero-order valence-corrected chi connectivity index (χ0v) is 14.3. The summed E-state index contributed by atoms with van der Waals surface area (Å²) in [5.41, 5.74) is 1.80. The lowest BCUT2D eigenvalue weighted by atomic mass is 9.94. The van der Waals surface area contributed by atoms with Crippen LogP contribution in [0.15, 0.2) is 60.7 Å². The highest BCUT2D eigenvalue weighted by molar-refractivity contribution is 5.23. The van der Waals surface area contributed by atoms with E-state index in [0.717, 1.165) is 11.1 Å². The molecule has 128 valence electrons. The van der Waals surface area contributed by atoms with Crippen molar-refractivity contribution in [3.8, 4) is 0 Å². The molecule has 2 aromatic carbocycles. The molecule has 1 heterocycles. The summed E-state index contributed by atoms with van der Waals surface area (Å²) in [7, 11) is 1.65. The molecule has 4 heteroatoms. The molecular formula is C20H24O4. The second-order valence-corrected chi connectivity index (χ2v) is 6.49. The number of aliphatic hydroxyl groups is 1. The van der Waals surface area contributed by atoms with Gasteiger partial charge in [-0.2, -0.15) is 0 Å². The Morgan fingerprint density at radius 1 is 0.875 bits per heavy atom. The minimum Gasteiger partial charge on any atom is -0.386 e. The van der Waals surface area contributed by atoms with Gasteiger partial charge in [0.05, 0.1) is 0 Å². The van der Waals surface area contributed by atoms with Gasteiger partial charge in [-0.15, -0.1) is 0 Å². The first-order valence-electron chi connectivity index (χ1n) is 8.18. The average Bonchev–Trinajstić information content (AvgIpc) is 2.92. The van der Waals surface area contributed by atoms with Gasteiger partial charge < -0.3 is 19.3 Å². The van der Waals surface area contributed by atoms with Crippen LogP contribution in [0, 0.1) is 0 Å². The van der Waals surface area contributed by atoms with Crippen molar-refractivity contribution in [2.24, 2.45) is 0 Å². The summed E-state index contributed by atoms with van der Waals surface area (Å²) in [6, 6.07) is 19.4. The molecule has 0 saturated carbocycles. The van der Waals surface area contributed by atoms with Gasteiger partial charge in [0, 0.05) is 7.11 Å². The fourth-order valence-electron chi connectivity index (χ4n) is 3.24. The molecule has 0 spiro atoms. The molecule has 4 atom stereocenters. The predicted molar refractivity (Wildman–Crippen MR) is 91.4 cm³/mol. The van der Waals surface area contributed by atoms with Crippen LogP contribution in [0.1, 0.15) is 37.2 Å². The lowest BCUT2D eigenvalue weighted by Gasteiger charge is -2.28. The number of aliphatic hydroxyl groups excluding tert-OH is 1. The molecule has 0 aromatic heterocycles. The molecular weight excluding hydrogens is 304 g/mol. The molecule has 4 nitrogen and oxygen atoms in total. The van der Waals surface area contributed by atoms with E-state index in [4.69, 9.17) is 14.2 Å². The molecule has 0 radical (unpaired) electrons. The topological polar surface area (TPSA) is 47.9 Å². The molecule has 1 fully saturated rings. The zero-order chi connectivity index (χ0) is 17.2. The van der Waals surface area contributed by atoms with E-state index in [1.807, 2.05) is 74.5 Å². The van der Waals surface area contributed by atoms with Crippen LogP contribution >= 0.6 is 0 Å². The molecule has 1 N–H and O–H groups in total.